The van der Waals surface area contributed by atoms with Gasteiger partial charge in [0.15, 0.2) is 5.13 Å². The average Bonchev–Trinajstić information content (AvgIpc) is 3.15. The van der Waals surface area contributed by atoms with E-state index in [0.717, 1.165) is 10.2 Å². The second-order valence-corrected chi connectivity index (χ2v) is 8.34. The van der Waals surface area contributed by atoms with Crippen LogP contribution in [0, 0.1) is 5.82 Å². The van der Waals surface area contributed by atoms with Gasteiger partial charge in [-0.25, -0.2) is 9.37 Å². The molecule has 1 amide bonds. The van der Waals surface area contributed by atoms with Crippen molar-refractivity contribution >= 4 is 44.2 Å². The molecule has 0 bridgehead atoms. The van der Waals surface area contributed by atoms with Gasteiger partial charge in [-0.2, -0.15) is 0 Å². The largest absolute Gasteiger partial charge is 0.394 e. The summed E-state index contributed by atoms with van der Waals surface area (Å²) in [5, 5.41) is 22.2. The molecule has 158 valence electrons. The molecule has 1 atom stereocenters. The quantitative estimate of drug-likeness (QED) is 0.401. The summed E-state index contributed by atoms with van der Waals surface area (Å²) in [5.74, 6) is -0.883. The van der Waals surface area contributed by atoms with E-state index < -0.39 is 18.5 Å². The van der Waals surface area contributed by atoms with Crippen molar-refractivity contribution in [2.45, 2.75) is 12.5 Å². The normalized spacial score (nSPS) is 12.1. The van der Waals surface area contributed by atoms with E-state index in [1.165, 1.54) is 23.6 Å². The molecule has 2 heterocycles. The molecule has 4 rings (SSSR count). The number of nitrogens with zero attached hydrogens (tertiary/aromatic N) is 2. The molecule has 6 nitrogen and oxygen atoms in total. The van der Waals surface area contributed by atoms with Crippen molar-refractivity contribution in [3.05, 3.63) is 76.7 Å². The summed E-state index contributed by atoms with van der Waals surface area (Å²) in [4.78, 5) is 21.0. The highest BCUT2D eigenvalue weighted by Crippen LogP contribution is 2.29. The lowest BCUT2D eigenvalue weighted by atomic mass is 10.1. The van der Waals surface area contributed by atoms with E-state index in [4.69, 9.17) is 16.7 Å². The lowest BCUT2D eigenvalue weighted by molar-refractivity contribution is 0.0954. The molecule has 0 fully saturated rings. The van der Waals surface area contributed by atoms with E-state index in [-0.39, 0.29) is 18.0 Å². The van der Waals surface area contributed by atoms with Gasteiger partial charge < -0.3 is 10.2 Å². The number of hydrogen-bond acceptors (Lipinski definition) is 6. The molecule has 0 aliphatic rings. The van der Waals surface area contributed by atoms with Crippen LogP contribution in [0.25, 0.3) is 21.5 Å². The van der Waals surface area contributed by atoms with Crippen molar-refractivity contribution in [2.75, 3.05) is 11.9 Å². The molecule has 31 heavy (non-hydrogen) atoms. The SMILES string of the molecule is O=C(Nc1nc2ccc(Cl)cc2s1)c1ccc(-c2ncc(C[C@@H](O)CO)cc2F)cc1. The van der Waals surface area contributed by atoms with Crippen LogP contribution in [0.4, 0.5) is 9.52 Å². The molecule has 2 aromatic carbocycles. The Labute approximate surface area is 186 Å². The summed E-state index contributed by atoms with van der Waals surface area (Å²) in [6.45, 7) is -0.405. The fourth-order valence-electron chi connectivity index (χ4n) is 3.04. The summed E-state index contributed by atoms with van der Waals surface area (Å²) in [6.07, 6.45) is 0.604. The molecule has 4 aromatic rings. The van der Waals surface area contributed by atoms with Gasteiger partial charge in [-0.05, 0) is 42.0 Å². The number of rotatable bonds is 6. The Kier molecular flexibility index (Phi) is 6.24. The van der Waals surface area contributed by atoms with Crippen LogP contribution in [0.2, 0.25) is 5.02 Å². The summed E-state index contributed by atoms with van der Waals surface area (Å²) in [7, 11) is 0. The van der Waals surface area contributed by atoms with Crippen molar-refractivity contribution in [3.63, 3.8) is 0 Å². The third kappa shape index (κ3) is 4.88. The number of carbonyl (C=O) groups excluding carboxylic acids is 1. The van der Waals surface area contributed by atoms with Crippen molar-refractivity contribution in [1.82, 2.24) is 9.97 Å². The number of carbonyl (C=O) groups is 1. The van der Waals surface area contributed by atoms with Crippen LogP contribution in [-0.2, 0) is 6.42 Å². The van der Waals surface area contributed by atoms with Gasteiger partial charge >= 0.3 is 0 Å². The zero-order valence-corrected chi connectivity index (χ0v) is 17.6. The van der Waals surface area contributed by atoms with Gasteiger partial charge in [0.05, 0.1) is 22.9 Å². The molecule has 0 radical (unpaired) electrons. The molecule has 0 aliphatic carbocycles. The first kappa shape index (κ1) is 21.3. The Morgan fingerprint density at radius 3 is 2.68 bits per heavy atom. The lowest BCUT2D eigenvalue weighted by Crippen LogP contribution is -2.15. The number of aliphatic hydroxyl groups excluding tert-OH is 2. The summed E-state index contributed by atoms with van der Waals surface area (Å²) in [6, 6.07) is 13.0. The number of anilines is 1. The van der Waals surface area contributed by atoms with E-state index in [1.54, 1.807) is 42.5 Å². The predicted octanol–water partition coefficient (Wildman–Crippen LogP) is 4.30. The minimum atomic E-state index is -0.961. The van der Waals surface area contributed by atoms with Gasteiger partial charge in [-0.1, -0.05) is 35.1 Å². The van der Waals surface area contributed by atoms with Crippen LogP contribution in [0.15, 0.2) is 54.7 Å². The number of fused-ring (bicyclic) bond motifs is 1. The smallest absolute Gasteiger partial charge is 0.257 e. The van der Waals surface area contributed by atoms with Crippen molar-refractivity contribution in [1.29, 1.82) is 0 Å². The topological polar surface area (TPSA) is 95.3 Å². The van der Waals surface area contributed by atoms with Crippen molar-refractivity contribution < 1.29 is 19.4 Å². The number of halogens is 2. The van der Waals surface area contributed by atoms with Gasteiger partial charge in [0.2, 0.25) is 0 Å². The van der Waals surface area contributed by atoms with Crippen LogP contribution in [0.3, 0.4) is 0 Å². The summed E-state index contributed by atoms with van der Waals surface area (Å²) < 4.78 is 15.3. The highest BCUT2D eigenvalue weighted by molar-refractivity contribution is 7.22. The molecule has 0 unspecified atom stereocenters. The van der Waals surface area contributed by atoms with E-state index in [0.29, 0.717) is 26.8 Å². The standard InChI is InChI=1S/C22H17ClFN3O3S/c23-15-5-6-18-19(9-15)31-22(26-18)27-21(30)14-3-1-13(2-4-14)20-17(24)8-12(10-25-20)7-16(29)11-28/h1-6,8-10,16,28-29H,7,11H2,(H,26,27,30)/t16-/m1/s1. The lowest BCUT2D eigenvalue weighted by Gasteiger charge is -2.09. The molecule has 0 spiro atoms. The number of nitrogens with one attached hydrogen (secondary N) is 1. The van der Waals surface area contributed by atoms with Gasteiger partial charge in [0, 0.05) is 28.8 Å². The van der Waals surface area contributed by atoms with Crippen LogP contribution in [-0.4, -0.2) is 38.8 Å². The van der Waals surface area contributed by atoms with Crippen LogP contribution in [0.5, 0.6) is 0 Å². The molecule has 2 aromatic heterocycles. The maximum atomic E-state index is 14.5. The monoisotopic (exact) mass is 457 g/mol. The average molecular weight is 458 g/mol. The maximum absolute atomic E-state index is 14.5. The van der Waals surface area contributed by atoms with Gasteiger partial charge in [-0.3, -0.25) is 15.1 Å². The minimum Gasteiger partial charge on any atom is -0.394 e. The molecule has 0 saturated heterocycles. The molecular formula is C22H17ClFN3O3S. The molecule has 0 saturated carbocycles. The van der Waals surface area contributed by atoms with E-state index in [1.807, 2.05) is 0 Å². The highest BCUT2D eigenvalue weighted by atomic mass is 35.5. The zero-order chi connectivity index (χ0) is 22.0. The Morgan fingerprint density at radius 2 is 1.97 bits per heavy atom. The highest BCUT2D eigenvalue weighted by Gasteiger charge is 2.13. The fraction of sp³-hybridized carbons (Fsp3) is 0.136. The molecule has 0 aliphatic heterocycles. The Bertz CT molecular complexity index is 1250. The number of aromatic nitrogens is 2. The number of thiazole rings is 1. The Morgan fingerprint density at radius 1 is 1.19 bits per heavy atom. The second kappa shape index (κ2) is 9.07. The molecular weight excluding hydrogens is 441 g/mol. The van der Waals surface area contributed by atoms with Gasteiger partial charge in [-0.15, -0.1) is 0 Å². The molecule has 3 N–H and O–H groups in total. The van der Waals surface area contributed by atoms with E-state index in [2.05, 4.69) is 15.3 Å². The minimum absolute atomic E-state index is 0.109. The zero-order valence-electron chi connectivity index (χ0n) is 16.0. The fourth-order valence-corrected chi connectivity index (χ4v) is 4.18. The third-order valence-corrected chi connectivity index (χ3v) is 5.74. The first-order valence-electron chi connectivity index (χ1n) is 9.34. The van der Waals surface area contributed by atoms with Crippen LogP contribution >= 0.6 is 22.9 Å². The van der Waals surface area contributed by atoms with Gasteiger partial charge in [0.25, 0.3) is 5.91 Å². The Balaban J connectivity index is 1.48. The third-order valence-electron chi connectivity index (χ3n) is 4.57. The number of amides is 1. The number of benzene rings is 2. The summed E-state index contributed by atoms with van der Waals surface area (Å²) in [5.41, 5.74) is 2.27. The van der Waals surface area contributed by atoms with E-state index in [9.17, 15) is 14.3 Å². The van der Waals surface area contributed by atoms with Crippen molar-refractivity contribution in [2.24, 2.45) is 0 Å². The number of hydrogen-bond donors (Lipinski definition) is 3. The first-order valence-corrected chi connectivity index (χ1v) is 10.5. The Hall–Kier alpha value is -2.91. The van der Waals surface area contributed by atoms with Crippen molar-refractivity contribution in [3.8, 4) is 11.3 Å². The molecule has 9 heteroatoms. The van der Waals surface area contributed by atoms with E-state index >= 15 is 0 Å². The van der Waals surface area contributed by atoms with Crippen LogP contribution < -0.4 is 5.32 Å². The maximum Gasteiger partial charge on any atom is 0.257 e. The van der Waals surface area contributed by atoms with Crippen LogP contribution in [0.1, 0.15) is 15.9 Å². The van der Waals surface area contributed by atoms with Gasteiger partial charge in [0.1, 0.15) is 11.5 Å². The predicted molar refractivity (Wildman–Crippen MR) is 119 cm³/mol. The second-order valence-electron chi connectivity index (χ2n) is 6.88. The first-order chi connectivity index (χ1) is 14.9. The number of aliphatic hydroxyl groups is 2. The number of pyridine rings is 1. The summed E-state index contributed by atoms with van der Waals surface area (Å²) >= 11 is 7.30.